The Hall–Kier alpha value is -3.01. The Morgan fingerprint density at radius 3 is 2.66 bits per heavy atom. The summed E-state index contributed by atoms with van der Waals surface area (Å²) in [5, 5.41) is 10.7. The highest BCUT2D eigenvalue weighted by molar-refractivity contribution is 5.90. The van der Waals surface area contributed by atoms with E-state index in [0.29, 0.717) is 36.6 Å². The number of methoxy groups -OCH3 is 1. The first-order valence-electron chi connectivity index (χ1n) is 12.2. The van der Waals surface area contributed by atoms with Crippen molar-refractivity contribution in [2.45, 2.75) is 38.5 Å². The molecule has 2 aliphatic rings. The Balaban J connectivity index is 1.61. The second-order valence-corrected chi connectivity index (χ2v) is 9.17. The van der Waals surface area contributed by atoms with E-state index in [0.717, 1.165) is 60.6 Å². The zero-order valence-electron chi connectivity index (χ0n) is 20.6. The predicted octanol–water partition coefficient (Wildman–Crippen LogP) is 3.03. The van der Waals surface area contributed by atoms with E-state index in [4.69, 9.17) is 29.2 Å². The number of rotatable bonds is 6. The van der Waals surface area contributed by atoms with Crippen LogP contribution in [0.3, 0.4) is 0 Å². The van der Waals surface area contributed by atoms with E-state index in [2.05, 4.69) is 29.8 Å². The van der Waals surface area contributed by atoms with Gasteiger partial charge in [-0.05, 0) is 50.1 Å². The van der Waals surface area contributed by atoms with Crippen LogP contribution in [0.15, 0.2) is 30.3 Å². The summed E-state index contributed by atoms with van der Waals surface area (Å²) in [5.41, 5.74) is 3.06. The van der Waals surface area contributed by atoms with Gasteiger partial charge in [0.25, 0.3) is 0 Å². The molecule has 4 heterocycles. The maximum absolute atomic E-state index is 9.77. The number of aliphatic hydroxyl groups excluding tert-OH is 1. The van der Waals surface area contributed by atoms with Crippen LogP contribution < -0.4 is 14.5 Å². The van der Waals surface area contributed by atoms with Gasteiger partial charge in [-0.3, -0.25) is 0 Å². The summed E-state index contributed by atoms with van der Waals surface area (Å²) in [5.74, 6) is 2.22. The molecule has 1 unspecified atom stereocenters. The quantitative estimate of drug-likeness (QED) is 0.573. The normalized spacial score (nSPS) is 19.2. The third-order valence-corrected chi connectivity index (χ3v) is 6.97. The van der Waals surface area contributed by atoms with Crippen molar-refractivity contribution >= 4 is 22.8 Å². The average Bonchev–Trinajstić information content (AvgIpc) is 2.92. The Labute approximate surface area is 205 Å². The summed E-state index contributed by atoms with van der Waals surface area (Å²) in [4.78, 5) is 19.4. The number of pyridine rings is 1. The first kappa shape index (κ1) is 23.7. The van der Waals surface area contributed by atoms with Gasteiger partial charge in [-0.15, -0.1) is 0 Å². The summed E-state index contributed by atoms with van der Waals surface area (Å²) in [7, 11) is 3.66. The Bertz CT molecular complexity index is 1180. The van der Waals surface area contributed by atoms with Crippen molar-refractivity contribution in [3.63, 3.8) is 0 Å². The fraction of sp³-hybridized carbons (Fsp3) is 0.500. The number of aliphatic hydroxyl groups is 1. The van der Waals surface area contributed by atoms with E-state index in [1.54, 1.807) is 7.11 Å². The molecule has 0 amide bonds. The molecule has 2 fully saturated rings. The predicted molar refractivity (Wildman–Crippen MR) is 135 cm³/mol. The molecule has 1 N–H and O–H groups in total. The van der Waals surface area contributed by atoms with E-state index >= 15 is 0 Å². The second kappa shape index (κ2) is 10.3. The molecule has 0 saturated carbocycles. The van der Waals surface area contributed by atoms with Crippen LogP contribution in [0, 0.1) is 0 Å². The molecule has 9 heteroatoms. The molecule has 1 atom stereocenters. The van der Waals surface area contributed by atoms with Crippen molar-refractivity contribution in [1.29, 1.82) is 0 Å². The van der Waals surface area contributed by atoms with Crippen molar-refractivity contribution < 1.29 is 19.3 Å². The maximum Gasteiger partial charge on any atom is 0.229 e. The summed E-state index contributed by atoms with van der Waals surface area (Å²) >= 11 is 0. The smallest absolute Gasteiger partial charge is 0.229 e. The summed E-state index contributed by atoms with van der Waals surface area (Å²) in [6.45, 7) is 5.66. The molecule has 5 rings (SSSR count). The fourth-order valence-corrected chi connectivity index (χ4v) is 4.86. The van der Waals surface area contributed by atoms with Crippen LogP contribution in [-0.2, 0) is 16.1 Å². The summed E-state index contributed by atoms with van der Waals surface area (Å²) < 4.78 is 16.6. The van der Waals surface area contributed by atoms with Gasteiger partial charge in [0.05, 0.1) is 44.1 Å². The molecule has 2 aliphatic heterocycles. The van der Waals surface area contributed by atoms with Gasteiger partial charge >= 0.3 is 0 Å². The van der Waals surface area contributed by atoms with Crippen LogP contribution in [0.4, 0.5) is 11.8 Å². The minimum atomic E-state index is -0.105. The van der Waals surface area contributed by atoms with Gasteiger partial charge < -0.3 is 29.1 Å². The zero-order valence-corrected chi connectivity index (χ0v) is 20.6. The number of hydrogen-bond acceptors (Lipinski definition) is 9. The largest absolute Gasteiger partial charge is 0.496 e. The molecular formula is C26H33N5O4. The molecule has 0 radical (unpaired) electrons. The van der Waals surface area contributed by atoms with Gasteiger partial charge in [0.1, 0.15) is 11.6 Å². The van der Waals surface area contributed by atoms with Crippen LogP contribution in [0.25, 0.3) is 22.3 Å². The number of ether oxygens (including phenoxy) is 3. The molecular weight excluding hydrogens is 446 g/mol. The average molecular weight is 480 g/mol. The number of aromatic nitrogens is 3. The van der Waals surface area contributed by atoms with E-state index in [1.165, 1.54) is 0 Å². The Morgan fingerprint density at radius 2 is 1.91 bits per heavy atom. The summed E-state index contributed by atoms with van der Waals surface area (Å²) in [6, 6.07) is 10.3. The maximum atomic E-state index is 9.77. The highest BCUT2D eigenvalue weighted by atomic mass is 16.5. The molecule has 0 spiro atoms. The molecule has 0 aliphatic carbocycles. The van der Waals surface area contributed by atoms with Crippen LogP contribution >= 0.6 is 0 Å². The number of hydrogen-bond donors (Lipinski definition) is 1. The minimum Gasteiger partial charge on any atom is -0.496 e. The van der Waals surface area contributed by atoms with Gasteiger partial charge in [-0.25, -0.2) is 4.98 Å². The number of morpholine rings is 1. The van der Waals surface area contributed by atoms with Crippen LogP contribution in [-0.4, -0.2) is 79.3 Å². The molecule has 2 aromatic heterocycles. The highest BCUT2D eigenvalue weighted by Crippen LogP contribution is 2.32. The minimum absolute atomic E-state index is 0.105. The van der Waals surface area contributed by atoms with E-state index in [9.17, 15) is 5.11 Å². The molecule has 3 aromatic rings. The van der Waals surface area contributed by atoms with Crippen molar-refractivity contribution in [2.75, 3.05) is 56.9 Å². The molecule has 9 nitrogen and oxygen atoms in total. The van der Waals surface area contributed by atoms with Crippen LogP contribution in [0.5, 0.6) is 5.75 Å². The molecule has 0 bridgehead atoms. The lowest BCUT2D eigenvalue weighted by Crippen LogP contribution is -2.44. The van der Waals surface area contributed by atoms with Crippen LogP contribution in [0.2, 0.25) is 0 Å². The highest BCUT2D eigenvalue weighted by Gasteiger charge is 2.27. The van der Waals surface area contributed by atoms with Crippen LogP contribution in [0.1, 0.15) is 25.3 Å². The molecule has 2 saturated heterocycles. The van der Waals surface area contributed by atoms with Gasteiger partial charge in [-0.1, -0.05) is 0 Å². The van der Waals surface area contributed by atoms with Crippen molar-refractivity contribution in [2.24, 2.45) is 0 Å². The van der Waals surface area contributed by atoms with Crippen molar-refractivity contribution in [3.05, 3.63) is 35.9 Å². The van der Waals surface area contributed by atoms with Gasteiger partial charge in [0.2, 0.25) is 5.95 Å². The fourth-order valence-electron chi connectivity index (χ4n) is 4.86. The monoisotopic (exact) mass is 479 g/mol. The standard InChI is InChI=1S/C26H33N5O4/c1-17-16-35-13-10-31(17)25-21-5-6-22(18-4-7-23(33-3)19(14-18)15-32)27-24(21)28-26(29-25)30(2)20-8-11-34-12-9-20/h4-7,14,17,20,32H,8-13,15-16H2,1-3H3. The lowest BCUT2D eigenvalue weighted by Gasteiger charge is -2.36. The van der Waals surface area contributed by atoms with Gasteiger partial charge in [0.15, 0.2) is 5.65 Å². The SMILES string of the molecule is COc1ccc(-c2ccc3c(N4CCOCC4C)nc(N(C)C4CCOCC4)nc3n2)cc1CO. The van der Waals surface area contributed by atoms with E-state index in [-0.39, 0.29) is 12.6 Å². The lowest BCUT2D eigenvalue weighted by molar-refractivity contribution is 0.0852. The Kier molecular flexibility index (Phi) is 6.99. The molecule has 35 heavy (non-hydrogen) atoms. The third-order valence-electron chi connectivity index (χ3n) is 6.97. The summed E-state index contributed by atoms with van der Waals surface area (Å²) in [6.07, 6.45) is 1.90. The zero-order chi connectivity index (χ0) is 24.4. The Morgan fingerprint density at radius 1 is 1.09 bits per heavy atom. The number of fused-ring (bicyclic) bond motifs is 1. The third kappa shape index (κ3) is 4.76. The number of anilines is 2. The van der Waals surface area contributed by atoms with E-state index in [1.807, 2.05) is 24.3 Å². The first-order valence-corrected chi connectivity index (χ1v) is 12.2. The first-order chi connectivity index (χ1) is 17.1. The van der Waals surface area contributed by atoms with E-state index < -0.39 is 0 Å². The van der Waals surface area contributed by atoms with Crippen molar-refractivity contribution in [3.8, 4) is 17.0 Å². The molecule has 1 aromatic carbocycles. The lowest BCUT2D eigenvalue weighted by atomic mass is 10.1. The number of benzene rings is 1. The molecule has 186 valence electrons. The van der Waals surface area contributed by atoms with Gasteiger partial charge in [-0.2, -0.15) is 9.97 Å². The topological polar surface area (TPSA) is 93.1 Å². The second-order valence-electron chi connectivity index (χ2n) is 9.17. The van der Waals surface area contributed by atoms with Crippen molar-refractivity contribution in [1.82, 2.24) is 15.0 Å². The number of nitrogens with zero attached hydrogens (tertiary/aromatic N) is 5. The van der Waals surface area contributed by atoms with Gasteiger partial charge in [0, 0.05) is 44.0 Å².